The number of non-ortho nitro benzene ring substituents is 1. The minimum Gasteiger partial charge on any atom is -0.416 e. The highest BCUT2D eigenvalue weighted by molar-refractivity contribution is 5.36. The summed E-state index contributed by atoms with van der Waals surface area (Å²) in [6, 6.07) is 6.57. The van der Waals surface area contributed by atoms with Crippen molar-refractivity contribution in [3.63, 3.8) is 0 Å². The van der Waals surface area contributed by atoms with Gasteiger partial charge in [0.2, 0.25) is 0 Å². The SMILES string of the molecule is Cc1cc(=O)nc(Oc2ccc([N+](=O)[O-])cc2)o1. The largest absolute Gasteiger partial charge is 0.416 e. The second kappa shape index (κ2) is 4.66. The first-order valence-electron chi connectivity index (χ1n) is 4.96. The van der Waals surface area contributed by atoms with Crippen LogP contribution in [-0.4, -0.2) is 9.91 Å². The Labute approximate surface area is 101 Å². The summed E-state index contributed by atoms with van der Waals surface area (Å²) >= 11 is 0. The molecule has 0 aliphatic heterocycles. The van der Waals surface area contributed by atoms with Crippen LogP contribution in [0.25, 0.3) is 0 Å². The van der Waals surface area contributed by atoms with E-state index in [-0.39, 0.29) is 11.8 Å². The van der Waals surface area contributed by atoms with Crippen LogP contribution < -0.4 is 10.3 Å². The number of hydrogen-bond donors (Lipinski definition) is 0. The summed E-state index contributed by atoms with van der Waals surface area (Å²) in [6.07, 6.45) is -0.200. The molecule has 7 heteroatoms. The molecule has 0 saturated carbocycles. The molecule has 2 rings (SSSR count). The molecule has 1 aromatic heterocycles. The summed E-state index contributed by atoms with van der Waals surface area (Å²) in [4.78, 5) is 24.5. The number of nitrogens with zero attached hydrogens (tertiary/aromatic N) is 2. The van der Waals surface area contributed by atoms with E-state index in [1.54, 1.807) is 6.92 Å². The fraction of sp³-hybridized carbons (Fsp3) is 0.0909. The summed E-state index contributed by atoms with van der Waals surface area (Å²) in [5, 5.41) is 10.5. The smallest absolute Gasteiger partial charge is 0.402 e. The molecule has 0 unspecified atom stereocenters. The van der Waals surface area contributed by atoms with Crippen LogP contribution in [0.2, 0.25) is 0 Å². The minimum absolute atomic E-state index is 0.0546. The maximum absolute atomic E-state index is 11.1. The van der Waals surface area contributed by atoms with Crippen LogP contribution in [0.1, 0.15) is 5.76 Å². The molecule has 0 aliphatic rings. The van der Waals surface area contributed by atoms with Gasteiger partial charge in [-0.3, -0.25) is 14.9 Å². The van der Waals surface area contributed by atoms with Crippen molar-refractivity contribution in [3.8, 4) is 11.8 Å². The van der Waals surface area contributed by atoms with Crippen molar-refractivity contribution >= 4 is 5.69 Å². The molecule has 92 valence electrons. The highest BCUT2D eigenvalue weighted by atomic mass is 16.6. The number of rotatable bonds is 3. The van der Waals surface area contributed by atoms with E-state index in [2.05, 4.69) is 4.98 Å². The van der Waals surface area contributed by atoms with Gasteiger partial charge in [-0.25, -0.2) is 0 Å². The van der Waals surface area contributed by atoms with Crippen LogP contribution >= 0.6 is 0 Å². The molecule has 0 fully saturated rings. The predicted molar refractivity (Wildman–Crippen MR) is 60.7 cm³/mol. The second-order valence-electron chi connectivity index (χ2n) is 3.43. The molecule has 0 N–H and O–H groups in total. The quantitative estimate of drug-likeness (QED) is 0.609. The van der Waals surface area contributed by atoms with Gasteiger partial charge >= 0.3 is 6.08 Å². The molecule has 0 atom stereocenters. The topological polar surface area (TPSA) is 95.5 Å². The average molecular weight is 248 g/mol. The number of nitro groups is 1. The number of aromatic nitrogens is 1. The van der Waals surface area contributed by atoms with Crippen molar-refractivity contribution in [3.05, 3.63) is 56.6 Å². The van der Waals surface area contributed by atoms with Crippen LogP contribution in [0.5, 0.6) is 11.8 Å². The van der Waals surface area contributed by atoms with Gasteiger partial charge in [-0.1, -0.05) is 0 Å². The molecule has 18 heavy (non-hydrogen) atoms. The maximum Gasteiger partial charge on any atom is 0.402 e. The van der Waals surface area contributed by atoms with Gasteiger partial charge < -0.3 is 9.15 Å². The zero-order valence-electron chi connectivity index (χ0n) is 9.32. The fourth-order valence-corrected chi connectivity index (χ4v) is 1.27. The van der Waals surface area contributed by atoms with Crippen LogP contribution in [0.15, 0.2) is 39.5 Å². The van der Waals surface area contributed by atoms with E-state index >= 15 is 0 Å². The van der Waals surface area contributed by atoms with E-state index in [1.165, 1.54) is 30.3 Å². The summed E-state index contributed by atoms with van der Waals surface area (Å²) in [7, 11) is 0. The number of benzene rings is 1. The van der Waals surface area contributed by atoms with E-state index in [0.29, 0.717) is 11.5 Å². The first-order chi connectivity index (χ1) is 8.54. The highest BCUT2D eigenvalue weighted by Gasteiger charge is 2.07. The van der Waals surface area contributed by atoms with E-state index in [0.717, 1.165) is 0 Å². The van der Waals surface area contributed by atoms with Crippen LogP contribution in [0.3, 0.4) is 0 Å². The second-order valence-corrected chi connectivity index (χ2v) is 3.43. The number of nitro benzene ring substituents is 1. The molecule has 0 amide bonds. The standard InChI is InChI=1S/C11H8N2O5/c1-7-6-10(14)12-11(17-7)18-9-4-2-8(3-5-9)13(15)16/h2-6H,1H3. The third-order valence-electron chi connectivity index (χ3n) is 2.03. The summed E-state index contributed by atoms with van der Waals surface area (Å²) in [5.74, 6) is 0.661. The minimum atomic E-state index is -0.519. The molecule has 7 nitrogen and oxygen atoms in total. The third kappa shape index (κ3) is 2.70. The van der Waals surface area contributed by atoms with Crippen molar-refractivity contribution in [2.45, 2.75) is 6.92 Å². The summed E-state index contributed by atoms with van der Waals surface area (Å²) in [6.45, 7) is 1.59. The van der Waals surface area contributed by atoms with Gasteiger partial charge in [-0.05, 0) is 19.1 Å². The Hall–Kier alpha value is -2.70. The van der Waals surface area contributed by atoms with Gasteiger partial charge in [0.25, 0.3) is 11.2 Å². The van der Waals surface area contributed by atoms with Crippen molar-refractivity contribution in [2.24, 2.45) is 0 Å². The zero-order chi connectivity index (χ0) is 13.1. The number of ether oxygens (including phenoxy) is 1. The Morgan fingerprint density at radius 2 is 2.00 bits per heavy atom. The van der Waals surface area contributed by atoms with Crippen LogP contribution in [-0.2, 0) is 0 Å². The van der Waals surface area contributed by atoms with E-state index in [1.807, 2.05) is 0 Å². The number of hydrogen-bond acceptors (Lipinski definition) is 6. The Morgan fingerprint density at radius 3 is 2.56 bits per heavy atom. The summed E-state index contributed by atoms with van der Waals surface area (Å²) < 4.78 is 10.2. The Bertz CT molecular complexity index is 633. The molecule has 0 bridgehead atoms. The Balaban J connectivity index is 2.23. The first-order valence-corrected chi connectivity index (χ1v) is 4.96. The van der Waals surface area contributed by atoms with Gasteiger partial charge in [0.05, 0.1) is 4.92 Å². The van der Waals surface area contributed by atoms with Gasteiger partial charge in [0.15, 0.2) is 0 Å². The monoisotopic (exact) mass is 248 g/mol. The molecule has 1 aromatic carbocycles. The lowest BCUT2D eigenvalue weighted by Gasteiger charge is -2.02. The van der Waals surface area contributed by atoms with Gasteiger partial charge in [0.1, 0.15) is 11.5 Å². The molecular weight excluding hydrogens is 240 g/mol. The van der Waals surface area contributed by atoms with Gasteiger partial charge in [-0.15, -0.1) is 4.98 Å². The molecule has 2 aromatic rings. The van der Waals surface area contributed by atoms with Crippen molar-refractivity contribution < 1.29 is 14.1 Å². The van der Waals surface area contributed by atoms with Crippen LogP contribution in [0.4, 0.5) is 5.69 Å². The Morgan fingerprint density at radius 1 is 1.33 bits per heavy atom. The lowest BCUT2D eigenvalue weighted by atomic mass is 10.3. The first kappa shape index (κ1) is 11.8. The van der Waals surface area contributed by atoms with Crippen LogP contribution in [0, 0.1) is 17.0 Å². The van der Waals surface area contributed by atoms with Crippen molar-refractivity contribution in [2.75, 3.05) is 0 Å². The lowest BCUT2D eigenvalue weighted by Crippen LogP contribution is -2.05. The van der Waals surface area contributed by atoms with Crippen molar-refractivity contribution in [1.29, 1.82) is 0 Å². The highest BCUT2D eigenvalue weighted by Crippen LogP contribution is 2.22. The molecule has 1 heterocycles. The van der Waals surface area contributed by atoms with E-state index in [9.17, 15) is 14.9 Å². The maximum atomic E-state index is 11.1. The van der Waals surface area contributed by atoms with E-state index in [4.69, 9.17) is 9.15 Å². The number of aryl methyl sites for hydroxylation is 1. The summed E-state index contributed by atoms with van der Waals surface area (Å²) in [5.41, 5.74) is -0.531. The zero-order valence-corrected chi connectivity index (χ0v) is 9.32. The third-order valence-corrected chi connectivity index (χ3v) is 2.03. The normalized spacial score (nSPS) is 10.1. The Kier molecular flexibility index (Phi) is 3.05. The van der Waals surface area contributed by atoms with Gasteiger partial charge in [0, 0.05) is 18.2 Å². The lowest BCUT2D eigenvalue weighted by molar-refractivity contribution is -0.384. The molecule has 0 spiro atoms. The molecular formula is C11H8N2O5. The van der Waals surface area contributed by atoms with Crippen molar-refractivity contribution in [1.82, 2.24) is 4.98 Å². The van der Waals surface area contributed by atoms with E-state index < -0.39 is 10.5 Å². The molecule has 0 saturated heterocycles. The fourth-order valence-electron chi connectivity index (χ4n) is 1.27. The molecule has 0 radical (unpaired) electrons. The predicted octanol–water partition coefficient (Wildman–Crippen LogP) is 2.04. The molecule has 0 aliphatic carbocycles. The average Bonchev–Trinajstić information content (AvgIpc) is 2.28. The van der Waals surface area contributed by atoms with Gasteiger partial charge in [-0.2, -0.15) is 0 Å².